The second kappa shape index (κ2) is 7.13. The van der Waals surface area contributed by atoms with E-state index in [9.17, 15) is 4.79 Å². The number of nitrogens with zero attached hydrogens (tertiary/aromatic N) is 1. The zero-order valence-electron chi connectivity index (χ0n) is 15.4. The van der Waals surface area contributed by atoms with Gasteiger partial charge in [0.1, 0.15) is 5.60 Å². The lowest BCUT2D eigenvalue weighted by Crippen LogP contribution is -2.44. The molecule has 26 heavy (non-hydrogen) atoms. The molecule has 0 bridgehead atoms. The van der Waals surface area contributed by atoms with E-state index >= 15 is 0 Å². The number of hydrogen-bond donors (Lipinski definition) is 3. The molecule has 0 radical (unpaired) electrons. The highest BCUT2D eigenvalue weighted by Gasteiger charge is 2.41. The van der Waals surface area contributed by atoms with E-state index in [1.807, 2.05) is 19.9 Å². The highest BCUT2D eigenvalue weighted by atomic mass is 32.1. The molecule has 1 saturated heterocycles. The quantitative estimate of drug-likeness (QED) is 0.767. The first-order valence-electron chi connectivity index (χ1n) is 9.35. The maximum Gasteiger partial charge on any atom is 0.261 e. The molecule has 4 heterocycles. The summed E-state index contributed by atoms with van der Waals surface area (Å²) in [5.41, 5.74) is 3.13. The van der Waals surface area contributed by atoms with Gasteiger partial charge in [-0.2, -0.15) is 5.10 Å². The van der Waals surface area contributed by atoms with Crippen molar-refractivity contribution in [2.24, 2.45) is 0 Å². The molecule has 2 aromatic rings. The lowest BCUT2D eigenvalue weighted by Gasteiger charge is -2.40. The Balaban J connectivity index is 1.47. The maximum atomic E-state index is 12.8. The molecule has 2 aromatic heterocycles. The van der Waals surface area contributed by atoms with Gasteiger partial charge in [-0.25, -0.2) is 0 Å². The van der Waals surface area contributed by atoms with Gasteiger partial charge in [0, 0.05) is 23.0 Å². The van der Waals surface area contributed by atoms with Gasteiger partial charge >= 0.3 is 0 Å². The molecule has 1 unspecified atom stereocenters. The summed E-state index contributed by atoms with van der Waals surface area (Å²) in [6, 6.07) is 4.13. The standard InChI is InChI=1S/C19H26N4O2S/c1-12(9-15-10-13(2)22-23-15)21-18(24)16-11-14-3-8-25-19(17(14)26-16)4-6-20-7-5-19/h10-12,20H,3-9H2,1-2H3,(H,21,24)(H,22,23). The van der Waals surface area contributed by atoms with Crippen LogP contribution >= 0.6 is 11.3 Å². The van der Waals surface area contributed by atoms with E-state index in [2.05, 4.69) is 26.9 Å². The number of hydrogen-bond acceptors (Lipinski definition) is 5. The first kappa shape index (κ1) is 17.7. The van der Waals surface area contributed by atoms with Crippen LogP contribution in [0.2, 0.25) is 0 Å². The highest BCUT2D eigenvalue weighted by molar-refractivity contribution is 7.14. The fraction of sp³-hybridized carbons (Fsp3) is 0.579. The number of ether oxygens (including phenoxy) is 1. The SMILES string of the molecule is Cc1cc(CC(C)NC(=O)c2cc3c(s2)C2(CCNCC2)OCC3)n[nH]1. The molecular formula is C19H26N4O2S. The first-order chi connectivity index (χ1) is 12.6. The third-order valence-electron chi connectivity index (χ3n) is 5.26. The number of thiophene rings is 1. The number of aryl methyl sites for hydroxylation is 1. The summed E-state index contributed by atoms with van der Waals surface area (Å²) in [4.78, 5) is 14.8. The van der Waals surface area contributed by atoms with Gasteiger partial charge in [0.15, 0.2) is 0 Å². The second-order valence-electron chi connectivity index (χ2n) is 7.43. The van der Waals surface area contributed by atoms with Crippen LogP contribution in [0.1, 0.15) is 51.3 Å². The molecule has 2 aliphatic rings. The number of carbonyl (C=O) groups is 1. The molecule has 140 valence electrons. The summed E-state index contributed by atoms with van der Waals surface area (Å²) in [6.45, 7) is 6.69. The van der Waals surface area contributed by atoms with E-state index in [4.69, 9.17) is 4.74 Å². The molecule has 4 rings (SSSR count). The summed E-state index contributed by atoms with van der Waals surface area (Å²) >= 11 is 1.61. The summed E-state index contributed by atoms with van der Waals surface area (Å²) in [5, 5.41) is 13.7. The van der Waals surface area contributed by atoms with Crippen molar-refractivity contribution in [3.05, 3.63) is 38.8 Å². The van der Waals surface area contributed by atoms with Crippen LogP contribution in [0.3, 0.4) is 0 Å². The molecule has 6 nitrogen and oxygen atoms in total. The summed E-state index contributed by atoms with van der Waals surface area (Å²) in [7, 11) is 0. The van der Waals surface area contributed by atoms with E-state index < -0.39 is 0 Å². The van der Waals surface area contributed by atoms with Crippen molar-refractivity contribution >= 4 is 17.2 Å². The molecule has 0 saturated carbocycles. The number of rotatable bonds is 4. The molecule has 3 N–H and O–H groups in total. The first-order valence-corrected chi connectivity index (χ1v) is 10.2. The number of amides is 1. The van der Waals surface area contributed by atoms with Crippen LogP contribution in [0.15, 0.2) is 12.1 Å². The van der Waals surface area contributed by atoms with Gasteiger partial charge in [0.2, 0.25) is 0 Å². The van der Waals surface area contributed by atoms with Gasteiger partial charge in [-0.15, -0.1) is 11.3 Å². The highest BCUT2D eigenvalue weighted by Crippen LogP contribution is 2.44. The van der Waals surface area contributed by atoms with Crippen LogP contribution < -0.4 is 10.6 Å². The average molecular weight is 375 g/mol. The summed E-state index contributed by atoms with van der Waals surface area (Å²) in [6.07, 6.45) is 3.59. The Morgan fingerprint density at radius 3 is 2.96 bits per heavy atom. The molecular weight excluding hydrogens is 348 g/mol. The van der Waals surface area contributed by atoms with Crippen LogP contribution in [-0.4, -0.2) is 41.8 Å². The van der Waals surface area contributed by atoms with Crippen molar-refractivity contribution in [3.63, 3.8) is 0 Å². The van der Waals surface area contributed by atoms with E-state index in [0.717, 1.165) is 61.6 Å². The average Bonchev–Trinajstić information content (AvgIpc) is 3.23. The Hall–Kier alpha value is -1.70. The Labute approximate surface area is 157 Å². The third kappa shape index (κ3) is 3.43. The van der Waals surface area contributed by atoms with Crippen molar-refractivity contribution < 1.29 is 9.53 Å². The Kier molecular flexibility index (Phi) is 4.86. The molecule has 1 spiro atoms. The maximum absolute atomic E-state index is 12.8. The zero-order chi connectivity index (χ0) is 18.1. The second-order valence-corrected chi connectivity index (χ2v) is 8.48. The lowest BCUT2D eigenvalue weighted by atomic mass is 9.86. The van der Waals surface area contributed by atoms with Crippen molar-refractivity contribution in [3.8, 4) is 0 Å². The molecule has 1 amide bonds. The van der Waals surface area contributed by atoms with Gasteiger partial charge in [-0.05, 0) is 63.9 Å². The minimum Gasteiger partial charge on any atom is -0.369 e. The number of carbonyl (C=O) groups excluding carboxylic acids is 1. The Bertz CT molecular complexity index is 791. The number of fused-ring (bicyclic) bond motifs is 2. The molecule has 2 aliphatic heterocycles. The molecule has 7 heteroatoms. The normalized spacial score (nSPS) is 19.9. The third-order valence-corrected chi connectivity index (χ3v) is 6.62. The zero-order valence-corrected chi connectivity index (χ0v) is 16.2. The minimum atomic E-state index is -0.180. The molecule has 1 fully saturated rings. The fourth-order valence-electron chi connectivity index (χ4n) is 3.97. The van der Waals surface area contributed by atoms with Crippen molar-refractivity contribution in [2.75, 3.05) is 19.7 Å². The number of aromatic nitrogens is 2. The van der Waals surface area contributed by atoms with Crippen LogP contribution in [0.5, 0.6) is 0 Å². The molecule has 0 aromatic carbocycles. The Morgan fingerprint density at radius 2 is 2.23 bits per heavy atom. The van der Waals surface area contributed by atoms with Crippen LogP contribution in [0, 0.1) is 6.92 Å². The number of piperidine rings is 1. The van der Waals surface area contributed by atoms with Gasteiger partial charge in [0.25, 0.3) is 5.91 Å². The number of nitrogens with one attached hydrogen (secondary N) is 3. The molecule has 0 aliphatic carbocycles. The van der Waals surface area contributed by atoms with Gasteiger partial charge in [0.05, 0.1) is 17.2 Å². The minimum absolute atomic E-state index is 0.00763. The summed E-state index contributed by atoms with van der Waals surface area (Å²) in [5.74, 6) is 0.00763. The van der Waals surface area contributed by atoms with E-state index in [0.29, 0.717) is 0 Å². The topological polar surface area (TPSA) is 79.0 Å². The van der Waals surface area contributed by atoms with Crippen molar-refractivity contribution in [1.82, 2.24) is 20.8 Å². The van der Waals surface area contributed by atoms with E-state index in [-0.39, 0.29) is 17.6 Å². The van der Waals surface area contributed by atoms with Gasteiger partial charge < -0.3 is 15.4 Å². The Morgan fingerprint density at radius 1 is 1.42 bits per heavy atom. The van der Waals surface area contributed by atoms with Crippen molar-refractivity contribution in [2.45, 2.75) is 51.2 Å². The van der Waals surface area contributed by atoms with E-state index in [1.54, 1.807) is 11.3 Å². The predicted octanol–water partition coefficient (Wildman–Crippen LogP) is 2.29. The van der Waals surface area contributed by atoms with Crippen LogP contribution in [-0.2, 0) is 23.2 Å². The lowest BCUT2D eigenvalue weighted by molar-refractivity contribution is -0.0771. The van der Waals surface area contributed by atoms with Gasteiger partial charge in [-0.1, -0.05) is 0 Å². The fourth-order valence-corrected chi connectivity index (χ4v) is 5.29. The van der Waals surface area contributed by atoms with Crippen LogP contribution in [0.25, 0.3) is 0 Å². The van der Waals surface area contributed by atoms with E-state index in [1.165, 1.54) is 10.4 Å². The van der Waals surface area contributed by atoms with Gasteiger partial charge in [-0.3, -0.25) is 9.89 Å². The number of aromatic amines is 1. The van der Waals surface area contributed by atoms with Crippen LogP contribution in [0.4, 0.5) is 0 Å². The smallest absolute Gasteiger partial charge is 0.261 e. The number of H-pyrrole nitrogens is 1. The van der Waals surface area contributed by atoms with Crippen molar-refractivity contribution in [1.29, 1.82) is 0 Å². The largest absolute Gasteiger partial charge is 0.369 e. The summed E-state index contributed by atoms with van der Waals surface area (Å²) < 4.78 is 6.22. The molecule has 1 atom stereocenters. The monoisotopic (exact) mass is 374 g/mol. The predicted molar refractivity (Wildman–Crippen MR) is 102 cm³/mol.